The second-order valence-electron chi connectivity index (χ2n) is 3.64. The van der Waals surface area contributed by atoms with Crippen LogP contribution in [0.3, 0.4) is 0 Å². The second kappa shape index (κ2) is 5.32. The highest BCUT2D eigenvalue weighted by Crippen LogP contribution is 2.31. The van der Waals surface area contributed by atoms with Crippen molar-refractivity contribution in [1.82, 2.24) is 0 Å². The van der Waals surface area contributed by atoms with E-state index in [9.17, 15) is 8.42 Å². The van der Waals surface area contributed by atoms with Gasteiger partial charge in [0.15, 0.2) is 0 Å². The first-order valence-electron chi connectivity index (χ1n) is 4.93. The number of sulfonamides is 1. The summed E-state index contributed by atoms with van der Waals surface area (Å²) < 4.78 is 28.8. The van der Waals surface area contributed by atoms with Gasteiger partial charge in [-0.25, -0.2) is 8.42 Å². The molecule has 0 aliphatic heterocycles. The normalized spacial score (nSPS) is 11.5. The summed E-state index contributed by atoms with van der Waals surface area (Å²) in [5.74, 6) is 0. The summed E-state index contributed by atoms with van der Waals surface area (Å²) in [6.45, 7) is 1.86. The van der Waals surface area contributed by atoms with E-state index in [0.717, 1.165) is 13.8 Å². The van der Waals surface area contributed by atoms with Crippen LogP contribution in [-0.4, -0.2) is 8.42 Å². The van der Waals surface area contributed by atoms with Crippen LogP contribution in [0.15, 0.2) is 42.8 Å². The van der Waals surface area contributed by atoms with Gasteiger partial charge in [-0.1, -0.05) is 22.0 Å². The fourth-order valence-electron chi connectivity index (χ4n) is 1.32. The van der Waals surface area contributed by atoms with Gasteiger partial charge in [-0.15, -0.1) is 11.3 Å². The Morgan fingerprint density at radius 3 is 2.50 bits per heavy atom. The lowest BCUT2D eigenvalue weighted by atomic mass is 10.3. The molecular formula is C11H9Br2NO2S2. The molecule has 2 aromatic rings. The van der Waals surface area contributed by atoms with Crippen LogP contribution in [0.4, 0.5) is 5.69 Å². The Bertz CT molecular complexity index is 661. The largest absolute Gasteiger partial charge is 0.279 e. The summed E-state index contributed by atoms with van der Waals surface area (Å²) in [6.07, 6.45) is 0. The monoisotopic (exact) mass is 409 g/mol. The lowest BCUT2D eigenvalue weighted by Gasteiger charge is -2.06. The van der Waals surface area contributed by atoms with E-state index >= 15 is 0 Å². The molecular weight excluding hydrogens is 402 g/mol. The predicted octanol–water partition coefficient (Wildman–Crippen LogP) is 4.38. The number of aryl methyl sites for hydroxylation is 1. The third-order valence-corrected chi connectivity index (χ3v) is 6.66. The first-order valence-corrected chi connectivity index (χ1v) is 8.81. The Labute approximate surface area is 127 Å². The van der Waals surface area contributed by atoms with Crippen molar-refractivity contribution in [3.63, 3.8) is 0 Å². The van der Waals surface area contributed by atoms with Crippen LogP contribution in [-0.2, 0) is 10.0 Å². The average Bonchev–Trinajstić information content (AvgIpc) is 2.59. The van der Waals surface area contributed by atoms with Gasteiger partial charge in [0.25, 0.3) is 10.0 Å². The molecule has 0 spiro atoms. The zero-order chi connectivity index (χ0) is 13.3. The number of nitrogens with one attached hydrogen (secondary N) is 1. The predicted molar refractivity (Wildman–Crippen MR) is 81.7 cm³/mol. The molecule has 0 saturated heterocycles. The van der Waals surface area contributed by atoms with Gasteiger partial charge in [0.2, 0.25) is 0 Å². The van der Waals surface area contributed by atoms with Crippen LogP contribution >= 0.6 is 43.2 Å². The van der Waals surface area contributed by atoms with Crippen molar-refractivity contribution in [2.75, 3.05) is 4.72 Å². The molecule has 7 heteroatoms. The van der Waals surface area contributed by atoms with E-state index in [1.165, 1.54) is 11.3 Å². The minimum absolute atomic E-state index is 0.298. The van der Waals surface area contributed by atoms with Crippen molar-refractivity contribution in [2.24, 2.45) is 0 Å². The standard InChI is InChI=1S/C11H9Br2NO2S2/c1-7-5-10(17-11(7)13)18(15,16)14-9-4-2-3-8(12)6-9/h2-6,14H,1H3. The van der Waals surface area contributed by atoms with Crippen molar-refractivity contribution >= 4 is 58.9 Å². The van der Waals surface area contributed by atoms with Gasteiger partial charge in [0.1, 0.15) is 4.21 Å². The molecule has 0 unspecified atom stereocenters. The smallest absolute Gasteiger partial charge is 0.271 e. The number of thiophene rings is 1. The van der Waals surface area contributed by atoms with E-state index in [-0.39, 0.29) is 0 Å². The number of anilines is 1. The number of hydrogen-bond donors (Lipinski definition) is 1. The quantitative estimate of drug-likeness (QED) is 0.815. The highest BCUT2D eigenvalue weighted by Gasteiger charge is 2.18. The van der Waals surface area contributed by atoms with E-state index in [2.05, 4.69) is 36.6 Å². The molecule has 0 aliphatic carbocycles. The van der Waals surface area contributed by atoms with Gasteiger partial charge in [0, 0.05) is 10.2 Å². The third kappa shape index (κ3) is 3.14. The topological polar surface area (TPSA) is 46.2 Å². The molecule has 0 bridgehead atoms. The average molecular weight is 411 g/mol. The number of benzene rings is 1. The molecule has 0 amide bonds. The lowest BCUT2D eigenvalue weighted by molar-refractivity contribution is 0.603. The van der Waals surface area contributed by atoms with E-state index in [0.29, 0.717) is 9.90 Å². The van der Waals surface area contributed by atoms with Crippen LogP contribution in [0.1, 0.15) is 5.56 Å². The summed E-state index contributed by atoms with van der Waals surface area (Å²) in [6, 6.07) is 8.68. The van der Waals surface area contributed by atoms with Crippen molar-refractivity contribution in [2.45, 2.75) is 11.1 Å². The Hall–Kier alpha value is -0.370. The lowest BCUT2D eigenvalue weighted by Crippen LogP contribution is -2.11. The van der Waals surface area contributed by atoms with Crippen molar-refractivity contribution in [3.05, 3.63) is 44.2 Å². The van der Waals surface area contributed by atoms with Gasteiger partial charge < -0.3 is 0 Å². The molecule has 0 atom stereocenters. The number of hydrogen-bond acceptors (Lipinski definition) is 3. The molecule has 1 aromatic carbocycles. The van der Waals surface area contributed by atoms with Crippen LogP contribution in [0.2, 0.25) is 0 Å². The third-order valence-electron chi connectivity index (χ3n) is 2.18. The molecule has 1 N–H and O–H groups in total. The maximum Gasteiger partial charge on any atom is 0.271 e. The Kier molecular flexibility index (Phi) is 4.15. The fourth-order valence-corrected chi connectivity index (χ4v) is 5.00. The molecule has 0 aliphatic rings. The molecule has 96 valence electrons. The zero-order valence-corrected chi connectivity index (χ0v) is 14.1. The van der Waals surface area contributed by atoms with Gasteiger partial charge in [0.05, 0.1) is 3.79 Å². The highest BCUT2D eigenvalue weighted by molar-refractivity contribution is 9.11. The molecule has 3 nitrogen and oxygen atoms in total. The van der Waals surface area contributed by atoms with E-state index in [4.69, 9.17) is 0 Å². The van der Waals surface area contributed by atoms with Crippen LogP contribution < -0.4 is 4.72 Å². The Morgan fingerprint density at radius 2 is 1.94 bits per heavy atom. The Morgan fingerprint density at radius 1 is 1.22 bits per heavy atom. The summed E-state index contributed by atoms with van der Waals surface area (Å²) in [5, 5.41) is 0. The molecule has 18 heavy (non-hydrogen) atoms. The first kappa shape index (κ1) is 14.0. The maximum atomic E-state index is 12.1. The maximum absolute atomic E-state index is 12.1. The number of rotatable bonds is 3. The fraction of sp³-hybridized carbons (Fsp3) is 0.0909. The minimum Gasteiger partial charge on any atom is -0.279 e. The number of halogens is 2. The van der Waals surface area contributed by atoms with Gasteiger partial charge in [-0.2, -0.15) is 0 Å². The van der Waals surface area contributed by atoms with Gasteiger partial charge in [-0.3, -0.25) is 4.72 Å². The van der Waals surface area contributed by atoms with E-state index in [1.807, 2.05) is 13.0 Å². The van der Waals surface area contributed by atoms with Crippen molar-refractivity contribution in [1.29, 1.82) is 0 Å². The summed E-state index contributed by atoms with van der Waals surface area (Å²) in [4.78, 5) is 0. The summed E-state index contributed by atoms with van der Waals surface area (Å²) >= 11 is 7.83. The molecule has 1 heterocycles. The molecule has 2 rings (SSSR count). The highest BCUT2D eigenvalue weighted by atomic mass is 79.9. The van der Waals surface area contributed by atoms with Crippen LogP contribution in [0.5, 0.6) is 0 Å². The minimum atomic E-state index is -3.51. The van der Waals surface area contributed by atoms with Crippen molar-refractivity contribution < 1.29 is 8.42 Å². The van der Waals surface area contributed by atoms with Crippen LogP contribution in [0, 0.1) is 6.92 Å². The summed E-state index contributed by atoms with van der Waals surface area (Å²) in [5.41, 5.74) is 1.45. The van der Waals surface area contributed by atoms with Gasteiger partial charge in [-0.05, 0) is 52.7 Å². The zero-order valence-electron chi connectivity index (χ0n) is 9.28. The molecule has 0 saturated carbocycles. The molecule has 0 radical (unpaired) electrons. The first-order chi connectivity index (χ1) is 8.38. The second-order valence-corrected chi connectivity index (χ2v) is 8.83. The Balaban J connectivity index is 2.33. The molecule has 0 fully saturated rings. The van der Waals surface area contributed by atoms with Crippen molar-refractivity contribution in [3.8, 4) is 0 Å². The summed E-state index contributed by atoms with van der Waals surface area (Å²) in [7, 11) is -3.51. The van der Waals surface area contributed by atoms with Gasteiger partial charge >= 0.3 is 0 Å². The van der Waals surface area contributed by atoms with Crippen LogP contribution in [0.25, 0.3) is 0 Å². The van der Waals surface area contributed by atoms with E-state index < -0.39 is 10.0 Å². The SMILES string of the molecule is Cc1cc(S(=O)(=O)Nc2cccc(Br)c2)sc1Br. The van der Waals surface area contributed by atoms with E-state index in [1.54, 1.807) is 24.3 Å². The molecule has 1 aromatic heterocycles.